The van der Waals surface area contributed by atoms with E-state index >= 15 is 0 Å². The summed E-state index contributed by atoms with van der Waals surface area (Å²) in [5, 5.41) is 7.99. The van der Waals surface area contributed by atoms with Gasteiger partial charge in [0, 0.05) is 25.8 Å². The maximum atomic E-state index is 5.75. The molecule has 1 aliphatic heterocycles. The lowest BCUT2D eigenvalue weighted by Crippen LogP contribution is -2.36. The topological polar surface area (TPSA) is 52.4 Å². The molecule has 6 nitrogen and oxygen atoms in total. The second-order valence-electron chi connectivity index (χ2n) is 6.52. The van der Waals surface area contributed by atoms with Gasteiger partial charge in [-0.15, -0.1) is 5.10 Å². The van der Waals surface area contributed by atoms with E-state index in [0.29, 0.717) is 19.1 Å². The Morgan fingerprint density at radius 2 is 2.00 bits per heavy atom. The molecule has 1 aromatic heterocycles. The van der Waals surface area contributed by atoms with Crippen LogP contribution in [-0.4, -0.2) is 46.2 Å². The third-order valence-corrected chi connectivity index (χ3v) is 4.53. The Hall–Kier alpha value is -2.08. The van der Waals surface area contributed by atoms with E-state index in [1.165, 1.54) is 18.4 Å². The summed E-state index contributed by atoms with van der Waals surface area (Å²) in [5.74, 6) is 2.30. The maximum Gasteiger partial charge on any atom is 0.161 e. The summed E-state index contributed by atoms with van der Waals surface area (Å²) >= 11 is 0. The Bertz CT molecular complexity index is 645. The Morgan fingerprint density at radius 3 is 2.76 bits per heavy atom. The second-order valence-corrected chi connectivity index (χ2v) is 6.52. The number of benzene rings is 1. The van der Waals surface area contributed by atoms with Crippen LogP contribution in [0, 0.1) is 5.92 Å². The predicted molar refractivity (Wildman–Crippen MR) is 96.8 cm³/mol. The van der Waals surface area contributed by atoms with Crippen LogP contribution in [0.3, 0.4) is 0 Å². The molecule has 0 spiro atoms. The van der Waals surface area contributed by atoms with Gasteiger partial charge in [-0.1, -0.05) is 11.3 Å². The standard InChI is InChI=1S/C19H28N4O2/c1-3-24-18-8-7-16(12-19(18)25-4-2)13-22-10-5-6-17(14-22)15-23-11-9-20-21-23/h7-9,11-12,17H,3-6,10,13-15H2,1-2H3. The van der Waals surface area contributed by atoms with Crippen molar-refractivity contribution in [1.82, 2.24) is 19.9 Å². The van der Waals surface area contributed by atoms with Crippen molar-refractivity contribution < 1.29 is 9.47 Å². The van der Waals surface area contributed by atoms with Gasteiger partial charge in [-0.25, -0.2) is 0 Å². The minimum atomic E-state index is 0.629. The summed E-state index contributed by atoms with van der Waals surface area (Å²) in [6.45, 7) is 9.42. The highest BCUT2D eigenvalue weighted by Gasteiger charge is 2.21. The minimum absolute atomic E-state index is 0.629. The highest BCUT2D eigenvalue weighted by Crippen LogP contribution is 2.29. The van der Waals surface area contributed by atoms with Gasteiger partial charge in [-0.05, 0) is 56.8 Å². The normalized spacial score (nSPS) is 18.2. The fourth-order valence-electron chi connectivity index (χ4n) is 3.49. The lowest BCUT2D eigenvalue weighted by molar-refractivity contribution is 0.152. The fourth-order valence-corrected chi connectivity index (χ4v) is 3.49. The maximum absolute atomic E-state index is 5.75. The summed E-state index contributed by atoms with van der Waals surface area (Å²) in [6, 6.07) is 6.30. The van der Waals surface area contributed by atoms with E-state index in [1.807, 2.05) is 30.8 Å². The molecule has 0 saturated carbocycles. The first-order chi connectivity index (χ1) is 12.3. The molecule has 25 heavy (non-hydrogen) atoms. The fraction of sp³-hybridized carbons (Fsp3) is 0.579. The molecule has 0 aliphatic carbocycles. The molecule has 136 valence electrons. The van der Waals surface area contributed by atoms with E-state index in [0.717, 1.165) is 37.7 Å². The summed E-state index contributed by atoms with van der Waals surface area (Å²) in [6.07, 6.45) is 6.17. The molecular weight excluding hydrogens is 316 g/mol. The number of ether oxygens (including phenoxy) is 2. The SMILES string of the molecule is CCOc1ccc(CN2CCCC(Cn3ccnn3)C2)cc1OCC. The first kappa shape index (κ1) is 17.7. The molecule has 2 heterocycles. The molecular formula is C19H28N4O2. The van der Waals surface area contributed by atoms with Crippen LogP contribution in [0.5, 0.6) is 11.5 Å². The van der Waals surface area contributed by atoms with Crippen molar-refractivity contribution in [3.63, 3.8) is 0 Å². The predicted octanol–water partition coefficient (Wildman–Crippen LogP) is 2.99. The Morgan fingerprint density at radius 1 is 1.16 bits per heavy atom. The van der Waals surface area contributed by atoms with Crippen molar-refractivity contribution in [3.05, 3.63) is 36.2 Å². The third kappa shape index (κ3) is 4.95. The highest BCUT2D eigenvalue weighted by atomic mass is 16.5. The molecule has 1 aliphatic rings. The van der Waals surface area contributed by atoms with E-state index in [9.17, 15) is 0 Å². The second kappa shape index (κ2) is 8.85. The molecule has 6 heteroatoms. The lowest BCUT2D eigenvalue weighted by Gasteiger charge is -2.32. The summed E-state index contributed by atoms with van der Waals surface area (Å²) in [4.78, 5) is 2.52. The number of likely N-dealkylation sites (tertiary alicyclic amines) is 1. The zero-order valence-electron chi connectivity index (χ0n) is 15.2. The van der Waals surface area contributed by atoms with Crippen LogP contribution in [0.15, 0.2) is 30.6 Å². The van der Waals surface area contributed by atoms with E-state index in [4.69, 9.17) is 9.47 Å². The summed E-state index contributed by atoms with van der Waals surface area (Å²) < 4.78 is 13.3. The van der Waals surface area contributed by atoms with Gasteiger partial charge >= 0.3 is 0 Å². The smallest absolute Gasteiger partial charge is 0.161 e. The van der Waals surface area contributed by atoms with Crippen molar-refractivity contribution in [2.45, 2.75) is 39.8 Å². The summed E-state index contributed by atoms with van der Waals surface area (Å²) in [5.41, 5.74) is 1.27. The molecule has 0 bridgehead atoms. The first-order valence-electron chi connectivity index (χ1n) is 9.23. The van der Waals surface area contributed by atoms with Gasteiger partial charge in [-0.3, -0.25) is 9.58 Å². The number of hydrogen-bond acceptors (Lipinski definition) is 5. The number of piperidine rings is 1. The van der Waals surface area contributed by atoms with Crippen molar-refractivity contribution in [1.29, 1.82) is 0 Å². The molecule has 0 N–H and O–H groups in total. The van der Waals surface area contributed by atoms with Gasteiger partial charge in [0.05, 0.1) is 19.4 Å². The third-order valence-electron chi connectivity index (χ3n) is 4.53. The molecule has 0 amide bonds. The van der Waals surface area contributed by atoms with Crippen LogP contribution >= 0.6 is 0 Å². The zero-order chi connectivity index (χ0) is 17.5. The molecule has 1 saturated heterocycles. The number of aromatic nitrogens is 3. The van der Waals surface area contributed by atoms with E-state index < -0.39 is 0 Å². The van der Waals surface area contributed by atoms with E-state index in [-0.39, 0.29) is 0 Å². The number of rotatable bonds is 8. The van der Waals surface area contributed by atoms with Gasteiger partial charge in [0.25, 0.3) is 0 Å². The van der Waals surface area contributed by atoms with E-state index in [1.54, 1.807) is 6.20 Å². The Balaban J connectivity index is 1.61. The van der Waals surface area contributed by atoms with Gasteiger partial charge in [-0.2, -0.15) is 0 Å². The van der Waals surface area contributed by atoms with Crippen LogP contribution in [0.1, 0.15) is 32.3 Å². The molecule has 1 aromatic carbocycles. The Kier molecular flexibility index (Phi) is 6.28. The van der Waals surface area contributed by atoms with Crippen LogP contribution < -0.4 is 9.47 Å². The molecule has 3 rings (SSSR count). The van der Waals surface area contributed by atoms with Crippen molar-refractivity contribution in [3.8, 4) is 11.5 Å². The Labute approximate surface area is 149 Å². The zero-order valence-corrected chi connectivity index (χ0v) is 15.2. The van der Waals surface area contributed by atoms with Crippen LogP contribution in [-0.2, 0) is 13.1 Å². The van der Waals surface area contributed by atoms with Crippen LogP contribution in [0.25, 0.3) is 0 Å². The van der Waals surface area contributed by atoms with Gasteiger partial charge < -0.3 is 9.47 Å². The molecule has 2 aromatic rings. The molecule has 1 fully saturated rings. The van der Waals surface area contributed by atoms with Gasteiger partial charge in [0.15, 0.2) is 11.5 Å². The van der Waals surface area contributed by atoms with Crippen molar-refractivity contribution in [2.75, 3.05) is 26.3 Å². The molecule has 1 atom stereocenters. The average molecular weight is 344 g/mol. The summed E-state index contributed by atoms with van der Waals surface area (Å²) in [7, 11) is 0. The van der Waals surface area contributed by atoms with E-state index in [2.05, 4.69) is 27.3 Å². The van der Waals surface area contributed by atoms with Crippen molar-refractivity contribution in [2.24, 2.45) is 5.92 Å². The van der Waals surface area contributed by atoms with Gasteiger partial charge in [0.1, 0.15) is 0 Å². The molecule has 0 radical (unpaired) electrons. The monoisotopic (exact) mass is 344 g/mol. The lowest BCUT2D eigenvalue weighted by atomic mass is 9.97. The number of nitrogens with zero attached hydrogens (tertiary/aromatic N) is 4. The van der Waals surface area contributed by atoms with Crippen LogP contribution in [0.2, 0.25) is 0 Å². The van der Waals surface area contributed by atoms with Crippen LogP contribution in [0.4, 0.5) is 0 Å². The van der Waals surface area contributed by atoms with Gasteiger partial charge in [0.2, 0.25) is 0 Å². The largest absolute Gasteiger partial charge is 0.490 e. The van der Waals surface area contributed by atoms with Crippen molar-refractivity contribution >= 4 is 0 Å². The minimum Gasteiger partial charge on any atom is -0.490 e. The first-order valence-corrected chi connectivity index (χ1v) is 9.23. The highest BCUT2D eigenvalue weighted by molar-refractivity contribution is 5.43. The quantitative estimate of drug-likeness (QED) is 0.737. The number of hydrogen-bond donors (Lipinski definition) is 0. The average Bonchev–Trinajstić information content (AvgIpc) is 3.11. The molecule has 1 unspecified atom stereocenters.